The molecule has 0 bridgehead atoms. The minimum absolute atomic E-state index is 0.468. The van der Waals surface area contributed by atoms with E-state index in [1.54, 1.807) is 0 Å². The molecule has 0 aliphatic carbocycles. The van der Waals surface area contributed by atoms with E-state index in [0.29, 0.717) is 16.2 Å². The van der Waals surface area contributed by atoms with Crippen LogP contribution in [0, 0.1) is 51.8 Å². The van der Waals surface area contributed by atoms with Crippen LogP contribution in [0.3, 0.4) is 0 Å². The van der Waals surface area contributed by atoms with Crippen molar-refractivity contribution in [3.63, 3.8) is 0 Å². The fourth-order valence-corrected chi connectivity index (χ4v) is 13.4. The maximum absolute atomic E-state index is 2.64. The summed E-state index contributed by atoms with van der Waals surface area (Å²) in [6.45, 7) is 37.7. The Morgan fingerprint density at radius 3 is 0.794 bits per heavy atom. The Kier molecular flexibility index (Phi) is 15.3. The van der Waals surface area contributed by atoms with Gasteiger partial charge in [0.25, 0.3) is 0 Å². The van der Waals surface area contributed by atoms with Gasteiger partial charge in [0.05, 0.1) is 0 Å². The molecule has 34 heavy (non-hydrogen) atoms. The minimum atomic E-state index is -0.779. The van der Waals surface area contributed by atoms with Gasteiger partial charge in [0.15, 0.2) is 0 Å². The van der Waals surface area contributed by atoms with E-state index in [1.165, 1.54) is 54.4 Å². The second-order valence-electron chi connectivity index (χ2n) is 15.2. The molecule has 0 amide bonds. The van der Waals surface area contributed by atoms with Gasteiger partial charge in [0.2, 0.25) is 0 Å². The van der Waals surface area contributed by atoms with Gasteiger partial charge >= 0.3 is 224 Å². The van der Waals surface area contributed by atoms with Crippen LogP contribution in [0.15, 0.2) is 0 Å². The van der Waals surface area contributed by atoms with Gasteiger partial charge in [-0.25, -0.2) is 0 Å². The molecule has 0 saturated heterocycles. The molecule has 3 atom stereocenters. The second-order valence-corrected chi connectivity index (χ2v) is 18.5. The molecular weight excluding hydrogens is 448 g/mol. The fourth-order valence-electron chi connectivity index (χ4n) is 6.91. The molecule has 0 fully saturated rings. The first-order valence-corrected chi connectivity index (χ1v) is 17.8. The van der Waals surface area contributed by atoms with E-state index in [4.69, 9.17) is 0 Å². The van der Waals surface area contributed by atoms with Crippen molar-refractivity contribution in [2.45, 2.75) is 158 Å². The molecule has 207 valence electrons. The summed E-state index contributed by atoms with van der Waals surface area (Å²) >= 11 is -0.779. The van der Waals surface area contributed by atoms with E-state index < -0.39 is 14.1 Å². The van der Waals surface area contributed by atoms with Crippen molar-refractivity contribution in [1.82, 2.24) is 0 Å². The molecule has 0 radical (unpaired) electrons. The molecule has 0 aromatic rings. The normalized spacial score (nSPS) is 16.7. The second kappa shape index (κ2) is 15.1. The molecule has 0 saturated carbocycles. The number of hydrogen-bond acceptors (Lipinski definition) is 0. The molecule has 0 heterocycles. The van der Waals surface area contributed by atoms with Gasteiger partial charge in [-0.15, -0.1) is 0 Å². The van der Waals surface area contributed by atoms with Crippen molar-refractivity contribution in [3.8, 4) is 0 Å². The topological polar surface area (TPSA) is 0 Å². The average Bonchev–Trinajstić information content (AvgIpc) is 2.66. The van der Waals surface area contributed by atoms with Crippen molar-refractivity contribution in [1.29, 1.82) is 0 Å². The maximum atomic E-state index is 2.64. The first-order valence-electron chi connectivity index (χ1n) is 15.1. The fraction of sp³-hybridized carbons (Fsp3) is 1.00. The summed E-state index contributed by atoms with van der Waals surface area (Å²) in [6, 6.07) is 0. The Labute approximate surface area is 223 Å². The molecule has 0 spiro atoms. The van der Waals surface area contributed by atoms with Gasteiger partial charge in [-0.2, -0.15) is 0 Å². The van der Waals surface area contributed by atoms with Crippen LogP contribution in [-0.2, 0) is 14.1 Å². The number of hydrogen-bond donors (Lipinski definition) is 0. The molecule has 1 heteroatoms. The molecule has 0 aliphatic rings. The Hall–Kier alpha value is 0.532. The van der Waals surface area contributed by atoms with E-state index in [9.17, 15) is 0 Å². The first-order chi connectivity index (χ1) is 15.4. The molecule has 0 aromatic carbocycles. The van der Waals surface area contributed by atoms with Crippen LogP contribution in [0.1, 0.15) is 142 Å². The summed E-state index contributed by atoms with van der Waals surface area (Å²) in [5, 5.41) is 4.55. The summed E-state index contributed by atoms with van der Waals surface area (Å²) in [5.74, 6) is 5.01. The van der Waals surface area contributed by atoms with Crippen LogP contribution >= 0.6 is 0 Å². The SMILES string of the molecule is CCC(CC(C)C)C(C)(C)[CH2][Cr]([CH2]C(C)(C)C(CC)CC(C)C)[CH2]C(C)(C)C(CC)CC(C)C. The van der Waals surface area contributed by atoms with Gasteiger partial charge in [-0.3, -0.25) is 0 Å². The van der Waals surface area contributed by atoms with Gasteiger partial charge < -0.3 is 0 Å². The molecule has 0 N–H and O–H groups in total. The van der Waals surface area contributed by atoms with Gasteiger partial charge in [-0.05, 0) is 0 Å². The van der Waals surface area contributed by atoms with Gasteiger partial charge in [0.1, 0.15) is 0 Å². The Balaban J connectivity index is 6.04. The van der Waals surface area contributed by atoms with Gasteiger partial charge in [-0.1, -0.05) is 0 Å². The molecule has 0 aliphatic heterocycles. The van der Waals surface area contributed by atoms with Crippen molar-refractivity contribution in [2.24, 2.45) is 51.8 Å². The molecule has 3 unspecified atom stereocenters. The van der Waals surface area contributed by atoms with Crippen molar-refractivity contribution in [3.05, 3.63) is 0 Å². The molecule has 0 aromatic heterocycles. The van der Waals surface area contributed by atoms with Crippen LogP contribution in [0.2, 0.25) is 15.8 Å². The van der Waals surface area contributed by atoms with Crippen molar-refractivity contribution in [2.75, 3.05) is 0 Å². The van der Waals surface area contributed by atoms with Crippen molar-refractivity contribution < 1.29 is 14.1 Å². The zero-order chi connectivity index (χ0) is 26.9. The summed E-state index contributed by atoms with van der Waals surface area (Å²) in [4.78, 5) is 0. The van der Waals surface area contributed by atoms with E-state index in [-0.39, 0.29) is 0 Å². The molecule has 0 rings (SSSR count). The summed E-state index contributed by atoms with van der Waals surface area (Å²) in [7, 11) is 0. The van der Waals surface area contributed by atoms with Crippen LogP contribution in [0.25, 0.3) is 0 Å². The van der Waals surface area contributed by atoms with Crippen LogP contribution in [-0.4, -0.2) is 0 Å². The Morgan fingerprint density at radius 1 is 0.441 bits per heavy atom. The average molecular weight is 518 g/mol. The Bertz CT molecular complexity index is 449. The van der Waals surface area contributed by atoms with Crippen LogP contribution < -0.4 is 0 Å². The quantitative estimate of drug-likeness (QED) is 0.169. The number of rotatable bonds is 18. The van der Waals surface area contributed by atoms with Crippen molar-refractivity contribution >= 4 is 0 Å². The zero-order valence-corrected chi connectivity index (χ0v) is 28.0. The molecular formula is C33H69Cr. The van der Waals surface area contributed by atoms with Crippen LogP contribution in [0.4, 0.5) is 0 Å². The third kappa shape index (κ3) is 12.2. The standard InChI is InChI=1S/3C11H23.Cr/c3*1-7-10(8-9(2)3)11(4,5)6;/h3*9-10H,4,7-8H2,1-3,5-6H3;. The zero-order valence-electron chi connectivity index (χ0n) is 26.7. The predicted molar refractivity (Wildman–Crippen MR) is 155 cm³/mol. The third-order valence-corrected chi connectivity index (χ3v) is 14.2. The first kappa shape index (κ1) is 34.5. The Morgan fingerprint density at radius 2 is 0.647 bits per heavy atom. The summed E-state index contributed by atoms with van der Waals surface area (Å²) < 4.78 is 0. The molecule has 0 nitrogen and oxygen atoms in total. The van der Waals surface area contributed by atoms with Crippen LogP contribution in [0.5, 0.6) is 0 Å². The van der Waals surface area contributed by atoms with E-state index >= 15 is 0 Å². The monoisotopic (exact) mass is 517 g/mol. The summed E-state index contributed by atoms with van der Waals surface area (Å²) in [5.41, 5.74) is 1.40. The summed E-state index contributed by atoms with van der Waals surface area (Å²) in [6.07, 6.45) is 8.20. The van der Waals surface area contributed by atoms with E-state index in [0.717, 1.165) is 35.5 Å². The van der Waals surface area contributed by atoms with E-state index in [2.05, 4.69) is 104 Å². The third-order valence-electron chi connectivity index (χ3n) is 8.79. The van der Waals surface area contributed by atoms with Gasteiger partial charge in [0, 0.05) is 0 Å². The van der Waals surface area contributed by atoms with E-state index in [1.807, 2.05) is 0 Å². The predicted octanol–water partition coefficient (Wildman–Crippen LogP) is 12.2.